The number of amides is 2. The predicted molar refractivity (Wildman–Crippen MR) is 64.9 cm³/mol. The molecule has 102 valence electrons. The van der Waals surface area contributed by atoms with Crippen molar-refractivity contribution in [1.29, 1.82) is 0 Å². The van der Waals surface area contributed by atoms with Gasteiger partial charge in [-0.25, -0.2) is 5.48 Å². The highest BCUT2D eigenvalue weighted by atomic mass is 16.5. The summed E-state index contributed by atoms with van der Waals surface area (Å²) in [4.78, 5) is 24.8. The van der Waals surface area contributed by atoms with E-state index in [1.807, 2.05) is 13.8 Å². The second-order valence-electron chi connectivity index (χ2n) is 4.37. The lowest BCUT2D eigenvalue weighted by Gasteiger charge is -2.26. The lowest BCUT2D eigenvalue weighted by atomic mass is 10.1. The number of aliphatic hydroxyl groups excluding tert-OH is 1. The van der Waals surface area contributed by atoms with E-state index in [-0.39, 0.29) is 12.3 Å². The third-order valence-electron chi connectivity index (χ3n) is 3.21. The SMILES string of the molecule is CCCCC(C(=O)NO)N1CC(CC)=C(O)C1=O. The second-order valence-corrected chi connectivity index (χ2v) is 4.37. The fourth-order valence-corrected chi connectivity index (χ4v) is 2.07. The van der Waals surface area contributed by atoms with Crippen LogP contribution in [0.2, 0.25) is 0 Å². The third kappa shape index (κ3) is 2.81. The summed E-state index contributed by atoms with van der Waals surface area (Å²) in [7, 11) is 0. The van der Waals surface area contributed by atoms with Gasteiger partial charge in [-0.2, -0.15) is 0 Å². The monoisotopic (exact) mass is 256 g/mol. The first-order valence-corrected chi connectivity index (χ1v) is 6.22. The molecule has 6 heteroatoms. The van der Waals surface area contributed by atoms with Gasteiger partial charge in [-0.1, -0.05) is 26.7 Å². The summed E-state index contributed by atoms with van der Waals surface area (Å²) < 4.78 is 0. The van der Waals surface area contributed by atoms with Gasteiger partial charge < -0.3 is 10.0 Å². The molecule has 0 spiro atoms. The van der Waals surface area contributed by atoms with Crippen molar-refractivity contribution in [3.05, 3.63) is 11.3 Å². The van der Waals surface area contributed by atoms with E-state index in [2.05, 4.69) is 0 Å². The molecule has 18 heavy (non-hydrogen) atoms. The Hall–Kier alpha value is -1.56. The smallest absolute Gasteiger partial charge is 0.289 e. The molecule has 3 N–H and O–H groups in total. The van der Waals surface area contributed by atoms with Crippen LogP contribution >= 0.6 is 0 Å². The van der Waals surface area contributed by atoms with Crippen molar-refractivity contribution in [3.8, 4) is 0 Å². The number of hydrogen-bond donors (Lipinski definition) is 3. The molecule has 1 rings (SSSR count). The second kappa shape index (κ2) is 6.39. The van der Waals surface area contributed by atoms with Gasteiger partial charge in [-0.15, -0.1) is 0 Å². The van der Waals surface area contributed by atoms with Crippen molar-refractivity contribution in [2.75, 3.05) is 6.54 Å². The molecule has 6 nitrogen and oxygen atoms in total. The fraction of sp³-hybridized carbons (Fsp3) is 0.667. The Morgan fingerprint density at radius 2 is 2.17 bits per heavy atom. The maximum Gasteiger partial charge on any atom is 0.289 e. The number of unbranched alkanes of at least 4 members (excludes halogenated alkanes) is 1. The van der Waals surface area contributed by atoms with Crippen LogP contribution in [0.1, 0.15) is 39.5 Å². The van der Waals surface area contributed by atoms with Gasteiger partial charge in [0, 0.05) is 6.54 Å². The summed E-state index contributed by atoms with van der Waals surface area (Å²) in [6, 6.07) is -0.728. The predicted octanol–water partition coefficient (Wildman–Crippen LogP) is 1.11. The molecule has 0 aromatic carbocycles. The number of aliphatic hydroxyl groups is 1. The quantitative estimate of drug-likeness (QED) is 0.490. The Labute approximate surface area is 106 Å². The summed E-state index contributed by atoms with van der Waals surface area (Å²) in [5.74, 6) is -1.40. The molecule has 0 saturated heterocycles. The summed E-state index contributed by atoms with van der Waals surface area (Å²) in [5, 5.41) is 18.4. The molecule has 0 bridgehead atoms. The summed E-state index contributed by atoms with van der Waals surface area (Å²) in [6.45, 7) is 4.07. The number of carbonyl (C=O) groups excluding carboxylic acids is 2. The van der Waals surface area contributed by atoms with Crippen LogP contribution in [0.5, 0.6) is 0 Å². The van der Waals surface area contributed by atoms with Crippen LogP contribution < -0.4 is 5.48 Å². The van der Waals surface area contributed by atoms with Crippen LogP contribution in [0.15, 0.2) is 11.3 Å². The van der Waals surface area contributed by atoms with Crippen LogP contribution in [0.3, 0.4) is 0 Å². The molecule has 1 atom stereocenters. The Kier molecular flexibility index (Phi) is 5.15. The van der Waals surface area contributed by atoms with Gasteiger partial charge >= 0.3 is 0 Å². The van der Waals surface area contributed by atoms with E-state index in [4.69, 9.17) is 5.21 Å². The molecule has 0 aliphatic carbocycles. The minimum atomic E-state index is -0.728. The topological polar surface area (TPSA) is 89.9 Å². The molecule has 0 aromatic heterocycles. The third-order valence-corrected chi connectivity index (χ3v) is 3.21. The zero-order chi connectivity index (χ0) is 13.7. The Bertz CT molecular complexity index is 365. The molecule has 1 heterocycles. The Morgan fingerprint density at radius 1 is 1.50 bits per heavy atom. The van der Waals surface area contributed by atoms with Crippen molar-refractivity contribution in [1.82, 2.24) is 10.4 Å². The molecule has 1 unspecified atom stereocenters. The van der Waals surface area contributed by atoms with E-state index >= 15 is 0 Å². The van der Waals surface area contributed by atoms with Crippen LogP contribution in [-0.2, 0) is 9.59 Å². The molecule has 0 fully saturated rings. The summed E-state index contributed by atoms with van der Waals surface area (Å²) in [5.41, 5.74) is 2.22. The fourth-order valence-electron chi connectivity index (χ4n) is 2.07. The minimum Gasteiger partial charge on any atom is -0.503 e. The van der Waals surface area contributed by atoms with Gasteiger partial charge in [-0.05, 0) is 18.4 Å². The normalized spacial score (nSPS) is 17.3. The van der Waals surface area contributed by atoms with Crippen LogP contribution in [0.25, 0.3) is 0 Å². The van der Waals surface area contributed by atoms with E-state index in [0.29, 0.717) is 18.4 Å². The molecule has 0 aromatic rings. The molecule has 1 aliphatic rings. The van der Waals surface area contributed by atoms with Crippen molar-refractivity contribution in [2.45, 2.75) is 45.6 Å². The highest BCUT2D eigenvalue weighted by Gasteiger charge is 2.37. The number of nitrogens with one attached hydrogen (secondary N) is 1. The molecular formula is C12H20N2O4. The first-order chi connectivity index (χ1) is 8.56. The first-order valence-electron chi connectivity index (χ1n) is 6.22. The van der Waals surface area contributed by atoms with Gasteiger partial charge in [0.15, 0.2) is 5.76 Å². The molecule has 0 saturated carbocycles. The molecule has 0 radical (unpaired) electrons. The Balaban J connectivity index is 2.83. The summed E-state index contributed by atoms with van der Waals surface area (Å²) in [6.07, 6.45) is 2.69. The highest BCUT2D eigenvalue weighted by molar-refractivity contribution is 5.98. The van der Waals surface area contributed by atoms with E-state index in [1.165, 1.54) is 4.90 Å². The number of hydroxylamine groups is 1. The maximum atomic E-state index is 11.9. The van der Waals surface area contributed by atoms with Crippen molar-refractivity contribution < 1.29 is 19.9 Å². The average Bonchev–Trinajstić information content (AvgIpc) is 2.66. The van der Waals surface area contributed by atoms with Gasteiger partial charge in [-0.3, -0.25) is 14.8 Å². The van der Waals surface area contributed by atoms with E-state index in [0.717, 1.165) is 12.8 Å². The average molecular weight is 256 g/mol. The van der Waals surface area contributed by atoms with Crippen molar-refractivity contribution in [2.24, 2.45) is 0 Å². The molecular weight excluding hydrogens is 236 g/mol. The largest absolute Gasteiger partial charge is 0.503 e. The highest BCUT2D eigenvalue weighted by Crippen LogP contribution is 2.23. The van der Waals surface area contributed by atoms with Crippen LogP contribution in [0.4, 0.5) is 0 Å². The Morgan fingerprint density at radius 3 is 2.61 bits per heavy atom. The minimum absolute atomic E-state index is 0.253. The number of nitrogens with zero attached hydrogens (tertiary/aromatic N) is 1. The van der Waals surface area contributed by atoms with Crippen LogP contribution in [0, 0.1) is 0 Å². The molecule has 1 aliphatic heterocycles. The standard InChI is InChI=1S/C12H20N2O4/c1-3-5-6-9(11(16)13-18)14-7-8(4-2)10(15)12(14)17/h9,15,18H,3-7H2,1-2H3,(H,13,16). The van der Waals surface area contributed by atoms with Crippen LogP contribution in [-0.4, -0.2) is 39.6 Å². The van der Waals surface area contributed by atoms with Gasteiger partial charge in [0.25, 0.3) is 11.8 Å². The molecule has 2 amide bonds. The summed E-state index contributed by atoms with van der Waals surface area (Å²) >= 11 is 0. The first kappa shape index (κ1) is 14.5. The zero-order valence-electron chi connectivity index (χ0n) is 10.8. The van der Waals surface area contributed by atoms with Crippen molar-refractivity contribution >= 4 is 11.8 Å². The van der Waals surface area contributed by atoms with E-state index in [9.17, 15) is 14.7 Å². The maximum absolute atomic E-state index is 11.9. The van der Waals surface area contributed by atoms with Gasteiger partial charge in [0.05, 0.1) is 0 Å². The zero-order valence-corrected chi connectivity index (χ0v) is 10.8. The lowest BCUT2D eigenvalue weighted by Crippen LogP contribution is -2.47. The van der Waals surface area contributed by atoms with E-state index in [1.54, 1.807) is 5.48 Å². The number of rotatable bonds is 6. The lowest BCUT2D eigenvalue weighted by molar-refractivity contribution is -0.142. The number of hydrogen-bond acceptors (Lipinski definition) is 4. The van der Waals surface area contributed by atoms with Gasteiger partial charge in [0.1, 0.15) is 6.04 Å². The van der Waals surface area contributed by atoms with E-state index < -0.39 is 17.9 Å². The van der Waals surface area contributed by atoms with Gasteiger partial charge in [0.2, 0.25) is 0 Å². The van der Waals surface area contributed by atoms with Crippen molar-refractivity contribution in [3.63, 3.8) is 0 Å². The number of carbonyl (C=O) groups is 2.